The molecule has 6 rings (SSSR count). The van der Waals surface area contributed by atoms with Crippen molar-refractivity contribution >= 4 is 56.1 Å². The summed E-state index contributed by atoms with van der Waals surface area (Å²) in [5.74, 6) is 2.30. The fourth-order valence-electron chi connectivity index (χ4n) is 8.31. The van der Waals surface area contributed by atoms with Gasteiger partial charge in [-0.3, -0.25) is 0 Å². The topological polar surface area (TPSA) is 0 Å². The van der Waals surface area contributed by atoms with Crippen molar-refractivity contribution in [3.05, 3.63) is 161 Å². The summed E-state index contributed by atoms with van der Waals surface area (Å²) in [4.78, 5) is 0. The molecule has 0 bridgehead atoms. The Balaban J connectivity index is 1.78. The fraction of sp³-hybridized carbons (Fsp3) is 0.333. The second-order valence-corrected chi connectivity index (χ2v) is 25.3. The molecule has 0 N–H and O–H groups in total. The van der Waals surface area contributed by atoms with E-state index in [2.05, 4.69) is 210 Å². The standard InChI is InChI=1S/C54H63ClGeP/c1-34(2)40-30-46(36(5)6)52(47(31-40)37(7)8)44-26-21-27-45(53-48(38(9)10)32-41(35(3)4)33-49(53)39(11)12)54(44)56(55)50-28-19-20-29-51(50)57(42-22-15-13-16-23-42)43-24-17-14-18-25-43/h13-39H,1-12H3. The SMILES string of the molecule is CC(C)c1cc(C(C)C)c(-c2cccc(-c3c(C(C)C)cc(C(C)C)cc3C(C)C)[c]2[Ge]([Cl])[c]2ccccc2P(c2ccccc2)c2ccccc2)c(C(C)C)c1. The minimum atomic E-state index is -2.87. The van der Waals surface area contributed by atoms with E-state index in [0.717, 1.165) is 0 Å². The Morgan fingerprint density at radius 2 is 0.754 bits per heavy atom. The van der Waals surface area contributed by atoms with Crippen molar-refractivity contribution in [3.63, 3.8) is 0 Å². The number of hydrogen-bond acceptors (Lipinski definition) is 0. The van der Waals surface area contributed by atoms with Crippen molar-refractivity contribution in [2.45, 2.75) is 119 Å². The third-order valence-corrected chi connectivity index (χ3v) is 20.4. The summed E-state index contributed by atoms with van der Waals surface area (Å²) in [6, 6.07) is 48.7. The van der Waals surface area contributed by atoms with Gasteiger partial charge in [0.15, 0.2) is 0 Å². The van der Waals surface area contributed by atoms with Crippen LogP contribution >= 0.6 is 17.9 Å². The van der Waals surface area contributed by atoms with E-state index in [-0.39, 0.29) is 0 Å². The summed E-state index contributed by atoms with van der Waals surface area (Å²) in [7, 11) is 7.68. The monoisotopic (exact) mass is 851 g/mol. The first-order valence-electron chi connectivity index (χ1n) is 21.2. The third-order valence-electron chi connectivity index (χ3n) is 11.5. The van der Waals surface area contributed by atoms with Gasteiger partial charge in [0.25, 0.3) is 0 Å². The van der Waals surface area contributed by atoms with E-state index in [4.69, 9.17) is 10.0 Å². The summed E-state index contributed by atoms with van der Waals surface area (Å²) in [6.45, 7) is 28.3. The van der Waals surface area contributed by atoms with Crippen molar-refractivity contribution < 1.29 is 0 Å². The van der Waals surface area contributed by atoms with Gasteiger partial charge in [0.1, 0.15) is 0 Å². The second-order valence-electron chi connectivity index (χ2n) is 17.6. The van der Waals surface area contributed by atoms with Crippen molar-refractivity contribution in [1.29, 1.82) is 0 Å². The molecule has 0 saturated carbocycles. The van der Waals surface area contributed by atoms with E-state index in [0.29, 0.717) is 35.5 Å². The predicted molar refractivity (Wildman–Crippen MR) is 258 cm³/mol. The van der Waals surface area contributed by atoms with E-state index in [1.807, 2.05) is 0 Å². The van der Waals surface area contributed by atoms with Crippen molar-refractivity contribution in [1.82, 2.24) is 0 Å². The van der Waals surface area contributed by atoms with Crippen LogP contribution in [0.2, 0.25) is 0 Å². The van der Waals surface area contributed by atoms with Gasteiger partial charge in [-0.2, -0.15) is 0 Å². The Morgan fingerprint density at radius 1 is 0.404 bits per heavy atom. The molecule has 0 atom stereocenters. The van der Waals surface area contributed by atoms with Gasteiger partial charge in [0.05, 0.1) is 0 Å². The maximum absolute atomic E-state index is 8.53. The molecule has 0 aliphatic heterocycles. The summed E-state index contributed by atoms with van der Waals surface area (Å²) in [5.41, 5.74) is 14.0. The molecule has 0 aromatic heterocycles. The van der Waals surface area contributed by atoms with Gasteiger partial charge < -0.3 is 0 Å². The zero-order valence-corrected chi connectivity index (χ0v) is 40.2. The molecule has 0 saturated heterocycles. The van der Waals surface area contributed by atoms with Gasteiger partial charge in [-0.1, -0.05) is 0 Å². The van der Waals surface area contributed by atoms with Crippen LogP contribution in [0.1, 0.15) is 152 Å². The molecular formula is C54H63ClGeP. The molecule has 6 aromatic rings. The predicted octanol–water partition coefficient (Wildman–Crippen LogP) is 13.9. The summed E-state index contributed by atoms with van der Waals surface area (Å²) >= 11 is -2.87. The maximum atomic E-state index is 8.53. The zero-order valence-electron chi connectivity index (χ0n) is 36.4. The normalized spacial score (nSPS) is 12.2. The van der Waals surface area contributed by atoms with Crippen molar-refractivity contribution in [2.24, 2.45) is 0 Å². The Morgan fingerprint density at radius 3 is 1.11 bits per heavy atom. The van der Waals surface area contributed by atoms with Crippen LogP contribution in [0, 0.1) is 0 Å². The van der Waals surface area contributed by atoms with Crippen molar-refractivity contribution in [2.75, 3.05) is 0 Å². The molecule has 0 aliphatic rings. The van der Waals surface area contributed by atoms with Crippen LogP contribution in [0.4, 0.5) is 0 Å². The molecule has 0 spiro atoms. The molecular weight excluding hydrogens is 788 g/mol. The first-order chi connectivity index (χ1) is 27.2. The van der Waals surface area contributed by atoms with Gasteiger partial charge >= 0.3 is 358 Å². The Bertz CT molecular complexity index is 2090. The van der Waals surface area contributed by atoms with Gasteiger partial charge in [-0.15, -0.1) is 0 Å². The number of halogens is 1. The van der Waals surface area contributed by atoms with E-state index in [1.165, 1.54) is 80.3 Å². The zero-order chi connectivity index (χ0) is 41.1. The quantitative estimate of drug-likeness (QED) is 0.0802. The van der Waals surface area contributed by atoms with Crippen LogP contribution in [0.3, 0.4) is 0 Å². The molecule has 0 unspecified atom stereocenters. The average molecular weight is 851 g/mol. The van der Waals surface area contributed by atoms with E-state index >= 15 is 0 Å². The van der Waals surface area contributed by atoms with E-state index in [1.54, 1.807) is 0 Å². The first-order valence-corrected chi connectivity index (χ1v) is 27.4. The molecule has 0 amide bonds. The molecule has 6 aromatic carbocycles. The summed E-state index contributed by atoms with van der Waals surface area (Å²) in [5, 5.41) is 4.08. The van der Waals surface area contributed by atoms with Crippen LogP contribution in [0.25, 0.3) is 22.3 Å². The first kappa shape index (κ1) is 43.2. The van der Waals surface area contributed by atoms with Crippen LogP contribution in [-0.4, -0.2) is 13.4 Å². The molecule has 0 aliphatic carbocycles. The molecule has 0 fully saturated rings. The van der Waals surface area contributed by atoms with Gasteiger partial charge in [0, 0.05) is 0 Å². The van der Waals surface area contributed by atoms with Gasteiger partial charge in [-0.25, -0.2) is 0 Å². The van der Waals surface area contributed by atoms with E-state index < -0.39 is 21.3 Å². The van der Waals surface area contributed by atoms with Crippen molar-refractivity contribution in [3.8, 4) is 22.3 Å². The summed E-state index contributed by atoms with van der Waals surface area (Å²) < 4.78 is 2.73. The van der Waals surface area contributed by atoms with Crippen LogP contribution in [0.5, 0.6) is 0 Å². The van der Waals surface area contributed by atoms with Gasteiger partial charge in [-0.05, 0) is 0 Å². The Labute approximate surface area is 355 Å². The Kier molecular flexibility index (Phi) is 14.1. The number of benzene rings is 6. The summed E-state index contributed by atoms with van der Waals surface area (Å²) in [6.07, 6.45) is 0. The average Bonchev–Trinajstić information content (AvgIpc) is 3.20. The van der Waals surface area contributed by atoms with Crippen LogP contribution < -0.4 is 24.7 Å². The molecule has 3 heteroatoms. The van der Waals surface area contributed by atoms with E-state index in [9.17, 15) is 0 Å². The number of hydrogen-bond donors (Lipinski definition) is 0. The van der Waals surface area contributed by atoms with Gasteiger partial charge in [0.2, 0.25) is 0 Å². The molecule has 295 valence electrons. The second kappa shape index (κ2) is 18.7. The molecule has 57 heavy (non-hydrogen) atoms. The fourth-order valence-corrected chi connectivity index (χ4v) is 17.8. The molecule has 0 nitrogen and oxygen atoms in total. The molecule has 1 radical (unpaired) electrons. The van der Waals surface area contributed by atoms with Crippen LogP contribution in [-0.2, 0) is 0 Å². The minimum absolute atomic E-state index is 0.352. The molecule has 0 heterocycles. The van der Waals surface area contributed by atoms with Crippen LogP contribution in [0.15, 0.2) is 127 Å². The third kappa shape index (κ3) is 9.10. The Hall–Kier alpha value is -3.42. The number of rotatable bonds is 13.